The summed E-state index contributed by atoms with van der Waals surface area (Å²) in [6.45, 7) is 0.0556. The number of ether oxygens (including phenoxy) is 2. The summed E-state index contributed by atoms with van der Waals surface area (Å²) in [5.41, 5.74) is 4.22. The molecule has 2 amide bonds. The molecule has 2 aromatic rings. The standard InChI is InChI=1S/C24H26N2O7/c1-26(12-11-22(29)32-2)23(30)20(13-21(27)28)25-24(31)33-14-19-17-9-5-3-7-15(17)16-8-4-6-10-18(16)19/h3-10,19-20H,11-14H2,1-2H3,(H,25,31)(H,27,28). The number of likely N-dealkylation sites (N-methyl/N-ethyl adjacent to an activating group) is 1. The third-order valence-corrected chi connectivity index (χ3v) is 5.57. The zero-order chi connectivity index (χ0) is 24.0. The molecular formula is C24H26N2O7. The predicted octanol–water partition coefficient (Wildman–Crippen LogP) is 2.39. The SMILES string of the molecule is COC(=O)CCN(C)C(=O)C(CC(=O)O)NC(=O)OCC1c2ccccc2-c2ccccc21. The molecule has 0 heterocycles. The second-order valence-corrected chi connectivity index (χ2v) is 7.71. The molecule has 0 saturated carbocycles. The molecule has 1 unspecified atom stereocenters. The highest BCUT2D eigenvalue weighted by Crippen LogP contribution is 2.44. The van der Waals surface area contributed by atoms with Crippen molar-refractivity contribution in [3.63, 3.8) is 0 Å². The summed E-state index contributed by atoms with van der Waals surface area (Å²) in [6.07, 6.45) is -1.56. The van der Waals surface area contributed by atoms with Gasteiger partial charge in [0.15, 0.2) is 0 Å². The summed E-state index contributed by atoms with van der Waals surface area (Å²) in [5, 5.41) is 11.5. The molecule has 1 aliphatic carbocycles. The molecule has 0 radical (unpaired) electrons. The zero-order valence-electron chi connectivity index (χ0n) is 18.4. The molecule has 0 fully saturated rings. The highest BCUT2D eigenvalue weighted by Gasteiger charge is 2.31. The van der Waals surface area contributed by atoms with E-state index in [9.17, 15) is 19.2 Å². The molecule has 0 bridgehead atoms. The number of aliphatic carboxylic acids is 1. The molecule has 0 saturated heterocycles. The van der Waals surface area contributed by atoms with Crippen LogP contribution in [0.25, 0.3) is 11.1 Å². The molecule has 2 N–H and O–H groups in total. The normalized spacial score (nSPS) is 12.8. The van der Waals surface area contributed by atoms with E-state index >= 15 is 0 Å². The van der Waals surface area contributed by atoms with E-state index in [-0.39, 0.29) is 25.5 Å². The first-order valence-corrected chi connectivity index (χ1v) is 10.5. The highest BCUT2D eigenvalue weighted by atomic mass is 16.5. The minimum atomic E-state index is -1.33. The number of nitrogens with zero attached hydrogens (tertiary/aromatic N) is 1. The maximum absolute atomic E-state index is 12.6. The Morgan fingerprint density at radius 2 is 1.61 bits per heavy atom. The van der Waals surface area contributed by atoms with Crippen LogP contribution in [0.3, 0.4) is 0 Å². The van der Waals surface area contributed by atoms with Gasteiger partial charge in [0.2, 0.25) is 5.91 Å². The van der Waals surface area contributed by atoms with E-state index < -0.39 is 36.4 Å². The number of carboxylic acids is 1. The van der Waals surface area contributed by atoms with E-state index in [4.69, 9.17) is 9.84 Å². The third-order valence-electron chi connectivity index (χ3n) is 5.57. The fraction of sp³-hybridized carbons (Fsp3) is 0.333. The van der Waals surface area contributed by atoms with Crippen molar-refractivity contribution >= 4 is 23.9 Å². The van der Waals surface area contributed by atoms with Gasteiger partial charge in [-0.05, 0) is 22.3 Å². The van der Waals surface area contributed by atoms with Crippen molar-refractivity contribution in [1.82, 2.24) is 10.2 Å². The number of hydrogen-bond donors (Lipinski definition) is 2. The lowest BCUT2D eigenvalue weighted by Crippen LogP contribution is -2.49. The second-order valence-electron chi connectivity index (χ2n) is 7.71. The van der Waals surface area contributed by atoms with E-state index in [1.807, 2.05) is 48.5 Å². The van der Waals surface area contributed by atoms with Gasteiger partial charge in [-0.3, -0.25) is 14.4 Å². The Balaban J connectivity index is 1.64. The van der Waals surface area contributed by atoms with Crippen molar-refractivity contribution < 1.29 is 33.8 Å². The average molecular weight is 454 g/mol. The van der Waals surface area contributed by atoms with E-state index in [1.165, 1.54) is 19.1 Å². The molecule has 0 aliphatic heterocycles. The minimum absolute atomic E-state index is 0.0218. The van der Waals surface area contributed by atoms with Crippen molar-refractivity contribution in [2.75, 3.05) is 27.3 Å². The van der Waals surface area contributed by atoms with Gasteiger partial charge in [-0.1, -0.05) is 48.5 Å². The lowest BCUT2D eigenvalue weighted by molar-refractivity contribution is -0.144. The first-order valence-electron chi connectivity index (χ1n) is 10.5. The van der Waals surface area contributed by atoms with Gasteiger partial charge < -0.3 is 24.8 Å². The number of benzene rings is 2. The Labute approximate surface area is 191 Å². The Morgan fingerprint density at radius 1 is 1.03 bits per heavy atom. The Hall–Kier alpha value is -3.88. The number of carbonyl (C=O) groups is 4. The number of nitrogens with one attached hydrogen (secondary N) is 1. The van der Waals surface area contributed by atoms with Crippen LogP contribution in [0.4, 0.5) is 4.79 Å². The summed E-state index contributed by atoms with van der Waals surface area (Å²) < 4.78 is 9.95. The van der Waals surface area contributed by atoms with Crippen LogP contribution in [0.1, 0.15) is 29.9 Å². The van der Waals surface area contributed by atoms with Crippen molar-refractivity contribution in [3.05, 3.63) is 59.7 Å². The molecule has 1 atom stereocenters. The fourth-order valence-electron chi connectivity index (χ4n) is 3.89. The third kappa shape index (κ3) is 5.68. The molecule has 174 valence electrons. The Bertz CT molecular complexity index is 1010. The number of amides is 2. The van der Waals surface area contributed by atoms with Gasteiger partial charge in [0, 0.05) is 19.5 Å². The molecule has 9 heteroatoms. The first-order chi connectivity index (χ1) is 15.8. The summed E-state index contributed by atoms with van der Waals surface area (Å²) in [4.78, 5) is 48.8. The summed E-state index contributed by atoms with van der Waals surface area (Å²) >= 11 is 0. The number of fused-ring (bicyclic) bond motifs is 3. The van der Waals surface area contributed by atoms with Crippen LogP contribution in [-0.4, -0.2) is 67.3 Å². The van der Waals surface area contributed by atoms with Gasteiger partial charge >= 0.3 is 18.0 Å². The predicted molar refractivity (Wildman–Crippen MR) is 119 cm³/mol. The summed E-state index contributed by atoms with van der Waals surface area (Å²) in [6, 6.07) is 14.4. The topological polar surface area (TPSA) is 122 Å². The van der Waals surface area contributed by atoms with Crippen LogP contribution < -0.4 is 5.32 Å². The molecular weight excluding hydrogens is 428 g/mol. The highest BCUT2D eigenvalue weighted by molar-refractivity contribution is 5.89. The van der Waals surface area contributed by atoms with E-state index in [0.717, 1.165) is 22.3 Å². The minimum Gasteiger partial charge on any atom is -0.481 e. The fourth-order valence-corrected chi connectivity index (χ4v) is 3.89. The molecule has 0 aromatic heterocycles. The van der Waals surface area contributed by atoms with Gasteiger partial charge in [-0.15, -0.1) is 0 Å². The maximum Gasteiger partial charge on any atom is 0.407 e. The smallest absolute Gasteiger partial charge is 0.407 e. The first kappa shape index (κ1) is 23.8. The number of carboxylic acid groups (broad SMARTS) is 1. The lowest BCUT2D eigenvalue weighted by atomic mass is 9.98. The average Bonchev–Trinajstić information content (AvgIpc) is 3.13. The van der Waals surface area contributed by atoms with Crippen molar-refractivity contribution in [1.29, 1.82) is 0 Å². The summed E-state index contributed by atoms with van der Waals surface area (Å²) in [5.74, 6) is -2.57. The van der Waals surface area contributed by atoms with E-state index in [0.29, 0.717) is 0 Å². The van der Waals surface area contributed by atoms with Crippen molar-refractivity contribution in [3.8, 4) is 11.1 Å². The summed E-state index contributed by atoms with van der Waals surface area (Å²) in [7, 11) is 2.65. The molecule has 1 aliphatic rings. The lowest BCUT2D eigenvalue weighted by Gasteiger charge is -2.23. The monoisotopic (exact) mass is 454 g/mol. The molecule has 33 heavy (non-hydrogen) atoms. The van der Waals surface area contributed by atoms with Crippen LogP contribution in [0.2, 0.25) is 0 Å². The van der Waals surface area contributed by atoms with Crippen LogP contribution in [-0.2, 0) is 23.9 Å². The van der Waals surface area contributed by atoms with E-state index in [2.05, 4.69) is 10.1 Å². The van der Waals surface area contributed by atoms with Gasteiger partial charge in [0.1, 0.15) is 12.6 Å². The van der Waals surface area contributed by atoms with Crippen LogP contribution in [0.15, 0.2) is 48.5 Å². The number of hydrogen-bond acceptors (Lipinski definition) is 6. The maximum atomic E-state index is 12.6. The van der Waals surface area contributed by atoms with E-state index in [1.54, 1.807) is 0 Å². The molecule has 9 nitrogen and oxygen atoms in total. The Kier molecular flexibility index (Phi) is 7.66. The zero-order valence-corrected chi connectivity index (χ0v) is 18.4. The largest absolute Gasteiger partial charge is 0.481 e. The van der Waals surface area contributed by atoms with Crippen molar-refractivity contribution in [2.24, 2.45) is 0 Å². The van der Waals surface area contributed by atoms with Gasteiger partial charge in [-0.2, -0.15) is 0 Å². The number of esters is 1. The number of carbonyl (C=O) groups excluding carboxylic acids is 3. The van der Waals surface area contributed by atoms with Crippen LogP contribution >= 0.6 is 0 Å². The quantitative estimate of drug-likeness (QED) is 0.558. The molecule has 2 aromatic carbocycles. The van der Waals surface area contributed by atoms with Gasteiger partial charge in [0.05, 0.1) is 20.0 Å². The number of methoxy groups -OCH3 is 1. The van der Waals surface area contributed by atoms with Crippen LogP contribution in [0.5, 0.6) is 0 Å². The molecule has 3 rings (SSSR count). The Morgan fingerprint density at radius 3 is 2.15 bits per heavy atom. The van der Waals surface area contributed by atoms with Gasteiger partial charge in [0.25, 0.3) is 0 Å². The number of rotatable bonds is 9. The second kappa shape index (κ2) is 10.6. The number of alkyl carbamates (subject to hydrolysis) is 1. The molecule has 0 spiro atoms. The van der Waals surface area contributed by atoms with Crippen LogP contribution in [0, 0.1) is 0 Å². The van der Waals surface area contributed by atoms with Gasteiger partial charge in [-0.25, -0.2) is 4.79 Å². The van der Waals surface area contributed by atoms with Crippen molar-refractivity contribution in [2.45, 2.75) is 24.8 Å².